The van der Waals surface area contributed by atoms with E-state index in [-0.39, 0.29) is 34.4 Å². The van der Waals surface area contributed by atoms with Crippen LogP contribution in [-0.4, -0.2) is 38.5 Å². The topological polar surface area (TPSA) is 121 Å². The molecule has 2 rings (SSSR count). The van der Waals surface area contributed by atoms with Gasteiger partial charge in [0.2, 0.25) is 10.0 Å². The molecule has 0 radical (unpaired) electrons. The van der Waals surface area contributed by atoms with E-state index in [0.29, 0.717) is 11.3 Å². The first-order valence-electron chi connectivity index (χ1n) is 7.76. The second-order valence-electron chi connectivity index (χ2n) is 5.48. The van der Waals surface area contributed by atoms with Gasteiger partial charge in [0, 0.05) is 11.8 Å². The Labute approximate surface area is 161 Å². The molecule has 0 spiro atoms. The molecule has 0 amide bonds. The minimum atomic E-state index is -3.68. The van der Waals surface area contributed by atoms with Gasteiger partial charge in [0.15, 0.2) is 5.82 Å². The fourth-order valence-electron chi connectivity index (χ4n) is 2.16. The minimum absolute atomic E-state index is 0.0222. The number of benzene rings is 1. The third kappa shape index (κ3) is 5.06. The summed E-state index contributed by atoms with van der Waals surface area (Å²) in [5, 5.41) is 9.07. The van der Waals surface area contributed by atoms with Crippen LogP contribution in [0.25, 0.3) is 0 Å². The molecule has 11 heteroatoms. The summed E-state index contributed by atoms with van der Waals surface area (Å²) in [6.07, 6.45) is 2.93. The van der Waals surface area contributed by atoms with Gasteiger partial charge in [-0.3, -0.25) is 9.71 Å². The van der Waals surface area contributed by atoms with Gasteiger partial charge in [0.25, 0.3) is 0 Å². The number of ether oxygens (including phenoxy) is 1. The van der Waals surface area contributed by atoms with Crippen LogP contribution < -0.4 is 20.3 Å². The highest BCUT2D eigenvalue weighted by atomic mass is 35.5. The summed E-state index contributed by atoms with van der Waals surface area (Å²) in [7, 11) is -2.21. The fourth-order valence-corrected chi connectivity index (χ4v) is 3.05. The molecular formula is C16H19ClFN5O3S. The summed E-state index contributed by atoms with van der Waals surface area (Å²) < 4.78 is 45.4. The minimum Gasteiger partial charge on any atom is -0.495 e. The van der Waals surface area contributed by atoms with Crippen molar-refractivity contribution in [1.29, 1.82) is 5.41 Å². The lowest BCUT2D eigenvalue weighted by Crippen LogP contribution is -2.37. The van der Waals surface area contributed by atoms with Gasteiger partial charge < -0.3 is 15.2 Å². The molecule has 0 saturated heterocycles. The van der Waals surface area contributed by atoms with E-state index in [1.807, 2.05) is 0 Å². The zero-order valence-electron chi connectivity index (χ0n) is 14.7. The van der Waals surface area contributed by atoms with E-state index in [2.05, 4.69) is 9.71 Å². The van der Waals surface area contributed by atoms with Crippen LogP contribution in [0.5, 0.6) is 5.75 Å². The van der Waals surface area contributed by atoms with Crippen molar-refractivity contribution < 1.29 is 17.5 Å². The molecule has 2 aromatic rings. The molecular weight excluding hydrogens is 397 g/mol. The second kappa shape index (κ2) is 8.51. The molecule has 0 fully saturated rings. The van der Waals surface area contributed by atoms with Crippen molar-refractivity contribution in [2.75, 3.05) is 29.1 Å². The number of pyridine rings is 1. The normalized spacial score (nSPS) is 11.1. The summed E-state index contributed by atoms with van der Waals surface area (Å²) in [6, 6.07) is 4.12. The third-order valence-electron chi connectivity index (χ3n) is 3.63. The number of nitrogens with two attached hydrogens (primary N) is 1. The number of nitrogens with zero attached hydrogens (tertiary/aromatic N) is 2. The molecule has 1 aromatic carbocycles. The highest BCUT2D eigenvalue weighted by Gasteiger charge is 2.21. The van der Waals surface area contributed by atoms with Crippen molar-refractivity contribution in [3.63, 3.8) is 0 Å². The molecule has 0 bridgehead atoms. The van der Waals surface area contributed by atoms with Gasteiger partial charge in [-0.05, 0) is 25.1 Å². The molecule has 146 valence electrons. The Morgan fingerprint density at radius 1 is 1.44 bits per heavy atom. The van der Waals surface area contributed by atoms with Crippen LogP contribution in [0, 0.1) is 11.2 Å². The van der Waals surface area contributed by atoms with Crippen molar-refractivity contribution in [3.8, 4) is 5.75 Å². The lowest BCUT2D eigenvalue weighted by atomic mass is 10.1. The number of rotatable bonds is 8. The SMILES string of the molecule is CCS(=O)(=O)Nc1ccc(Cl)c(N(N)CC(=N)c2cncc(OC)c2)c1F. The molecule has 8 nitrogen and oxygen atoms in total. The number of methoxy groups -OCH3 is 1. The van der Waals surface area contributed by atoms with Gasteiger partial charge in [-0.2, -0.15) is 0 Å². The van der Waals surface area contributed by atoms with Crippen LogP contribution in [0.4, 0.5) is 15.8 Å². The number of sulfonamides is 1. The fraction of sp³-hybridized carbons (Fsp3) is 0.250. The molecule has 0 atom stereocenters. The van der Waals surface area contributed by atoms with E-state index in [0.717, 1.165) is 5.01 Å². The number of nitrogens with one attached hydrogen (secondary N) is 2. The first kappa shape index (κ1) is 20.9. The molecule has 0 unspecified atom stereocenters. The molecule has 1 aromatic heterocycles. The Kier molecular flexibility index (Phi) is 6.58. The van der Waals surface area contributed by atoms with E-state index >= 15 is 0 Å². The number of anilines is 2. The third-order valence-corrected chi connectivity index (χ3v) is 5.22. The second-order valence-corrected chi connectivity index (χ2v) is 7.90. The van der Waals surface area contributed by atoms with Gasteiger partial charge in [-0.15, -0.1) is 0 Å². The van der Waals surface area contributed by atoms with E-state index in [9.17, 15) is 12.8 Å². The van der Waals surface area contributed by atoms with Gasteiger partial charge in [-0.1, -0.05) is 11.6 Å². The summed E-state index contributed by atoms with van der Waals surface area (Å²) in [5.74, 6) is 5.22. The lowest BCUT2D eigenvalue weighted by molar-refractivity contribution is 0.413. The maximum absolute atomic E-state index is 14.8. The van der Waals surface area contributed by atoms with E-state index in [4.69, 9.17) is 27.6 Å². The van der Waals surface area contributed by atoms with Crippen molar-refractivity contribution >= 4 is 38.7 Å². The van der Waals surface area contributed by atoms with E-state index < -0.39 is 15.8 Å². The number of hydrazine groups is 1. The van der Waals surface area contributed by atoms with Crippen LogP contribution in [0.3, 0.4) is 0 Å². The molecule has 0 aliphatic heterocycles. The number of halogens is 2. The summed E-state index contributed by atoms with van der Waals surface area (Å²) >= 11 is 6.04. The number of hydrogen-bond donors (Lipinski definition) is 3. The van der Waals surface area contributed by atoms with Crippen molar-refractivity contribution in [2.24, 2.45) is 5.84 Å². The monoisotopic (exact) mass is 415 g/mol. The standard InChI is InChI=1S/C16H19ClFN5O3S/c1-3-27(24,25)22-14-5-4-12(17)16(15(14)18)23(20)9-13(19)10-6-11(26-2)8-21-7-10/h4-8,19,22H,3,9,20H2,1-2H3. The van der Waals surface area contributed by atoms with Gasteiger partial charge in [-0.25, -0.2) is 18.7 Å². The Hall–Kier alpha value is -2.43. The van der Waals surface area contributed by atoms with Crippen LogP contribution in [0.1, 0.15) is 12.5 Å². The van der Waals surface area contributed by atoms with Crippen molar-refractivity contribution in [3.05, 3.63) is 47.0 Å². The summed E-state index contributed by atoms with van der Waals surface area (Å²) in [6.45, 7) is 1.23. The maximum Gasteiger partial charge on any atom is 0.232 e. The zero-order chi connectivity index (χ0) is 20.2. The summed E-state index contributed by atoms with van der Waals surface area (Å²) in [4.78, 5) is 3.95. The van der Waals surface area contributed by atoms with Gasteiger partial charge in [0.1, 0.15) is 11.4 Å². The Morgan fingerprint density at radius 3 is 2.78 bits per heavy atom. The maximum atomic E-state index is 14.8. The molecule has 0 saturated carbocycles. The van der Waals surface area contributed by atoms with Crippen LogP contribution in [0.2, 0.25) is 5.02 Å². The first-order valence-corrected chi connectivity index (χ1v) is 9.79. The van der Waals surface area contributed by atoms with E-state index in [1.165, 1.54) is 38.6 Å². The first-order chi connectivity index (χ1) is 12.7. The Morgan fingerprint density at radius 2 is 2.15 bits per heavy atom. The molecule has 4 N–H and O–H groups in total. The smallest absolute Gasteiger partial charge is 0.232 e. The number of hydrogen-bond acceptors (Lipinski definition) is 7. The van der Waals surface area contributed by atoms with Gasteiger partial charge >= 0.3 is 0 Å². The predicted octanol–water partition coefficient (Wildman–Crippen LogP) is 2.39. The van der Waals surface area contributed by atoms with Crippen molar-refractivity contribution in [1.82, 2.24) is 4.98 Å². The summed E-state index contributed by atoms with van der Waals surface area (Å²) in [5.41, 5.74) is -0.0297. The average molecular weight is 416 g/mol. The molecule has 27 heavy (non-hydrogen) atoms. The van der Waals surface area contributed by atoms with Gasteiger partial charge in [0.05, 0.1) is 42.0 Å². The average Bonchev–Trinajstić information content (AvgIpc) is 2.64. The largest absolute Gasteiger partial charge is 0.495 e. The van der Waals surface area contributed by atoms with Crippen LogP contribution >= 0.6 is 11.6 Å². The molecule has 1 heterocycles. The number of aromatic nitrogens is 1. The van der Waals surface area contributed by atoms with E-state index in [1.54, 1.807) is 6.07 Å². The quantitative estimate of drug-likeness (QED) is 0.346. The lowest BCUT2D eigenvalue weighted by Gasteiger charge is -2.22. The zero-order valence-corrected chi connectivity index (χ0v) is 16.2. The Bertz CT molecular complexity index is 955. The van der Waals surface area contributed by atoms with Crippen LogP contribution in [0.15, 0.2) is 30.6 Å². The molecule has 0 aliphatic carbocycles. The highest BCUT2D eigenvalue weighted by molar-refractivity contribution is 7.92. The highest BCUT2D eigenvalue weighted by Crippen LogP contribution is 2.33. The van der Waals surface area contributed by atoms with Crippen LogP contribution in [-0.2, 0) is 10.0 Å². The van der Waals surface area contributed by atoms with Crippen molar-refractivity contribution in [2.45, 2.75) is 6.92 Å². The Balaban J connectivity index is 2.29. The predicted molar refractivity (Wildman–Crippen MR) is 104 cm³/mol. The molecule has 0 aliphatic rings.